The van der Waals surface area contributed by atoms with Gasteiger partial charge in [-0.3, -0.25) is 0 Å². The molecule has 0 amide bonds. The van der Waals surface area contributed by atoms with Gasteiger partial charge in [-0.25, -0.2) is 0 Å². The Balaban J connectivity index is 0.938. The molecule has 0 spiro atoms. The number of hydrogen-bond acceptors (Lipinski definition) is 2. The molecule has 0 unspecified atom stereocenters. The van der Waals surface area contributed by atoms with Crippen molar-refractivity contribution in [3.63, 3.8) is 0 Å². The largest absolute Gasteiger partial charge is 0.309 e. The molecule has 0 saturated heterocycles. The molecule has 14 aromatic carbocycles. The van der Waals surface area contributed by atoms with Gasteiger partial charge >= 0.3 is 0 Å². The number of rotatable bonds is 7. The van der Waals surface area contributed by atoms with E-state index in [1.165, 1.54) is 161 Å². The Kier molecular flexibility index (Phi) is 10.4. The number of aromatic nitrogens is 1. The van der Waals surface area contributed by atoms with E-state index in [0.29, 0.717) is 0 Å². The first-order chi connectivity index (χ1) is 40.1. The van der Waals surface area contributed by atoms with E-state index in [0.717, 1.165) is 5.69 Å². The van der Waals surface area contributed by atoms with E-state index in [1.54, 1.807) is 0 Å². The minimum atomic E-state index is 1.13. The predicted octanol–water partition coefficient (Wildman–Crippen LogP) is 23.0. The Morgan fingerprint density at radius 2 is 0.543 bits per heavy atom. The molecule has 0 aliphatic carbocycles. The maximum Gasteiger partial charge on any atom is 0.0547 e. The quantitative estimate of drug-likeness (QED) is 0.140. The summed E-state index contributed by atoms with van der Waals surface area (Å²) in [5, 5.41) is 15.2. The Hall–Kier alpha value is -9.90. The van der Waals surface area contributed by atoms with Gasteiger partial charge in [0.25, 0.3) is 0 Å². The van der Waals surface area contributed by atoms with Crippen molar-refractivity contribution in [1.29, 1.82) is 0 Å². The first-order valence-electron chi connectivity index (χ1n) is 27.8. The molecule has 0 saturated carbocycles. The van der Waals surface area contributed by atoms with Crippen LogP contribution in [0.1, 0.15) is 0 Å². The molecule has 0 aliphatic rings. The van der Waals surface area contributed by atoms with E-state index in [4.69, 9.17) is 0 Å². The fourth-order valence-corrected chi connectivity index (χ4v) is 15.5. The monoisotopic (exact) mass is 1060 g/mol. The summed E-state index contributed by atoms with van der Waals surface area (Å²) in [6, 6.07) is 107. The Labute approximate surface area is 476 Å². The van der Waals surface area contributed by atoms with Crippen LogP contribution in [-0.4, -0.2) is 4.57 Å². The van der Waals surface area contributed by atoms with Crippen LogP contribution in [0.15, 0.2) is 285 Å². The minimum absolute atomic E-state index is 1.13. The van der Waals surface area contributed by atoms with Crippen LogP contribution in [-0.2, 0) is 0 Å². The highest BCUT2D eigenvalue weighted by Gasteiger charge is 2.22. The molecule has 0 fully saturated rings. The van der Waals surface area contributed by atoms with Crippen LogP contribution >= 0.6 is 22.7 Å². The Morgan fingerprint density at radius 3 is 0.975 bits per heavy atom. The third kappa shape index (κ3) is 7.44. The highest BCUT2D eigenvalue weighted by Crippen LogP contribution is 2.48. The van der Waals surface area contributed by atoms with Crippen molar-refractivity contribution in [1.82, 2.24) is 4.57 Å². The fraction of sp³-hybridized carbons (Fsp3) is 0. The van der Waals surface area contributed by atoms with Gasteiger partial charge < -0.3 is 4.57 Å². The van der Waals surface area contributed by atoms with Crippen molar-refractivity contribution < 1.29 is 0 Å². The smallest absolute Gasteiger partial charge is 0.0547 e. The molecule has 3 heteroatoms. The van der Waals surface area contributed by atoms with Crippen LogP contribution in [0.3, 0.4) is 0 Å². The Bertz CT molecular complexity index is 5080. The standard InChI is InChI=1S/C78H47NS2/c1-5-17-48(18-6-1)52-31-37-75-69(39-52)71-43-56(50-21-9-3-10-22-50)41-66(77(71)80-75)54-29-34-64-65-35-30-55(46-74(65)79(73(64)45-54)58-33-36-63-61-27-14-13-25-59(61)60-26-15-16-28-62(60)68(63)47-58)67-42-57(51-23-11-4-12-24-51)44-72-70-40-53(49-19-7-2-8-20-49)32-38-76(70)81-78(67)72/h1-47H. The highest BCUT2D eigenvalue weighted by molar-refractivity contribution is 7.26. The summed E-state index contributed by atoms with van der Waals surface area (Å²) in [4.78, 5) is 0. The van der Waals surface area contributed by atoms with Crippen molar-refractivity contribution in [2.75, 3.05) is 0 Å². The van der Waals surface area contributed by atoms with Crippen molar-refractivity contribution in [2.45, 2.75) is 0 Å². The molecule has 3 heterocycles. The van der Waals surface area contributed by atoms with Crippen LogP contribution in [0.2, 0.25) is 0 Å². The van der Waals surface area contributed by atoms with Gasteiger partial charge in [-0.1, -0.05) is 212 Å². The lowest BCUT2D eigenvalue weighted by molar-refractivity contribution is 1.19. The van der Waals surface area contributed by atoms with Gasteiger partial charge in [0.2, 0.25) is 0 Å². The van der Waals surface area contributed by atoms with Gasteiger partial charge in [0.1, 0.15) is 0 Å². The molecule has 0 N–H and O–H groups in total. The average Bonchev–Trinajstić information content (AvgIpc) is 4.43. The Morgan fingerprint density at radius 1 is 0.198 bits per heavy atom. The SMILES string of the molecule is c1ccc(-c2ccc3sc4c(-c5ccc6c7ccc(-c8cc(-c9ccccc9)cc9c8sc8ccc(-c%10ccccc%10)cc89)cc7n(-c7ccc8c9ccccc9c9ccccc9c8c7)c6c5)cc(-c5ccccc5)cc4c3c2)cc1. The summed E-state index contributed by atoms with van der Waals surface area (Å²) < 4.78 is 7.73. The van der Waals surface area contributed by atoms with Gasteiger partial charge in [0.05, 0.1) is 11.0 Å². The van der Waals surface area contributed by atoms with Crippen LogP contribution in [0.4, 0.5) is 0 Å². The van der Waals surface area contributed by atoms with Crippen molar-refractivity contribution in [3.8, 4) is 72.4 Å². The van der Waals surface area contributed by atoms with E-state index in [2.05, 4.69) is 290 Å². The second-order valence-corrected chi connectivity index (χ2v) is 23.6. The molecule has 17 rings (SSSR count). The van der Waals surface area contributed by atoms with Crippen molar-refractivity contribution >= 4 is 117 Å². The second kappa shape index (κ2) is 18.3. The summed E-state index contributed by atoms with van der Waals surface area (Å²) in [6.45, 7) is 0. The van der Waals surface area contributed by atoms with Gasteiger partial charge in [-0.15, -0.1) is 22.7 Å². The van der Waals surface area contributed by atoms with Gasteiger partial charge in [-0.05, 0) is 161 Å². The number of benzene rings is 14. The van der Waals surface area contributed by atoms with Gasteiger partial charge in [0.15, 0.2) is 0 Å². The van der Waals surface area contributed by atoms with E-state index < -0.39 is 0 Å². The molecular formula is C78H47NS2. The number of fused-ring (bicyclic) bond motifs is 15. The summed E-state index contributed by atoms with van der Waals surface area (Å²) in [7, 11) is 0. The lowest BCUT2D eigenvalue weighted by atomic mass is 9.94. The topological polar surface area (TPSA) is 4.93 Å². The third-order valence-electron chi connectivity index (χ3n) is 16.9. The van der Waals surface area contributed by atoms with Crippen LogP contribution < -0.4 is 0 Å². The van der Waals surface area contributed by atoms with Crippen molar-refractivity contribution in [3.05, 3.63) is 285 Å². The lowest BCUT2D eigenvalue weighted by Crippen LogP contribution is -1.95. The molecule has 376 valence electrons. The highest BCUT2D eigenvalue weighted by atomic mass is 32.1. The fourth-order valence-electron chi connectivity index (χ4n) is 13.1. The predicted molar refractivity (Wildman–Crippen MR) is 352 cm³/mol. The van der Waals surface area contributed by atoms with Crippen molar-refractivity contribution in [2.24, 2.45) is 0 Å². The lowest BCUT2D eigenvalue weighted by Gasteiger charge is -2.15. The van der Waals surface area contributed by atoms with Crippen LogP contribution in [0, 0.1) is 0 Å². The third-order valence-corrected chi connectivity index (χ3v) is 19.4. The number of hydrogen-bond donors (Lipinski definition) is 0. The zero-order valence-corrected chi connectivity index (χ0v) is 45.5. The van der Waals surface area contributed by atoms with Gasteiger partial charge in [-0.2, -0.15) is 0 Å². The summed E-state index contributed by atoms with van der Waals surface area (Å²) in [6.07, 6.45) is 0. The van der Waals surface area contributed by atoms with E-state index >= 15 is 0 Å². The zero-order chi connectivity index (χ0) is 53.1. The molecule has 3 aromatic heterocycles. The van der Waals surface area contributed by atoms with E-state index in [-0.39, 0.29) is 0 Å². The number of nitrogens with zero attached hydrogens (tertiary/aromatic N) is 1. The number of thiophene rings is 2. The molecule has 0 aliphatic heterocycles. The molecule has 81 heavy (non-hydrogen) atoms. The zero-order valence-electron chi connectivity index (χ0n) is 43.9. The maximum absolute atomic E-state index is 2.56. The van der Waals surface area contributed by atoms with Crippen LogP contribution in [0.5, 0.6) is 0 Å². The van der Waals surface area contributed by atoms with Crippen LogP contribution in [0.25, 0.3) is 167 Å². The minimum Gasteiger partial charge on any atom is -0.309 e. The molecule has 0 bridgehead atoms. The summed E-state index contributed by atoms with van der Waals surface area (Å²) >= 11 is 3.80. The molecular weight excluding hydrogens is 1010 g/mol. The molecule has 0 radical (unpaired) electrons. The average molecular weight is 1060 g/mol. The molecule has 0 atom stereocenters. The normalized spacial score (nSPS) is 12.0. The first kappa shape index (κ1) is 46.1. The maximum atomic E-state index is 2.56. The summed E-state index contributed by atoms with van der Waals surface area (Å²) in [5.41, 5.74) is 18.1. The molecule has 1 nitrogen and oxygen atoms in total. The second-order valence-electron chi connectivity index (χ2n) is 21.5. The first-order valence-corrected chi connectivity index (χ1v) is 29.4. The summed E-state index contributed by atoms with van der Waals surface area (Å²) in [5.74, 6) is 0. The van der Waals surface area contributed by atoms with E-state index in [1.807, 2.05) is 22.7 Å². The molecule has 17 aromatic rings. The van der Waals surface area contributed by atoms with E-state index in [9.17, 15) is 0 Å². The van der Waals surface area contributed by atoms with Gasteiger partial charge in [0, 0.05) is 67.9 Å².